The fraction of sp³-hybridized carbons (Fsp3) is 0.406. The van der Waals surface area contributed by atoms with Gasteiger partial charge < -0.3 is 26.2 Å². The Kier molecular flexibility index (Phi) is 6.54. The van der Waals surface area contributed by atoms with Gasteiger partial charge in [-0.2, -0.15) is 0 Å². The maximum atomic E-state index is 14.0. The van der Waals surface area contributed by atoms with Crippen LogP contribution in [-0.4, -0.2) is 61.5 Å². The number of nitrogens with two attached hydrogens (primary N) is 1. The molecule has 1 amide bonds. The average molecular weight is 559 g/mol. The van der Waals surface area contributed by atoms with Crippen molar-refractivity contribution in [2.45, 2.75) is 57.6 Å². The number of Topliss-reactive ketones (excluding diaryl/α,β-unsaturated/α-hetero) is 2. The SMILES string of the molecule is CCc1ccc(CN2CCCC2)cc1-c1ccc(O)c2c1C[C@H]1C[C@H]3CC(O)=C(C(N)=O)C(=O)[C@@]3(O)C(O)=C1C2=O. The van der Waals surface area contributed by atoms with E-state index in [1.54, 1.807) is 0 Å². The van der Waals surface area contributed by atoms with Crippen LogP contribution in [0.25, 0.3) is 11.1 Å². The van der Waals surface area contributed by atoms with Gasteiger partial charge in [-0.3, -0.25) is 19.3 Å². The molecule has 9 heteroatoms. The Morgan fingerprint density at radius 3 is 2.46 bits per heavy atom. The highest BCUT2D eigenvalue weighted by Crippen LogP contribution is 2.52. The number of aliphatic hydroxyl groups is 3. The van der Waals surface area contributed by atoms with Gasteiger partial charge in [0, 0.05) is 24.5 Å². The van der Waals surface area contributed by atoms with Gasteiger partial charge in [0.25, 0.3) is 5.91 Å². The molecule has 214 valence electrons. The Balaban J connectivity index is 1.47. The lowest BCUT2D eigenvalue weighted by atomic mass is 9.60. The number of hydrogen-bond acceptors (Lipinski definition) is 8. The van der Waals surface area contributed by atoms with Gasteiger partial charge in [0.2, 0.25) is 5.78 Å². The van der Waals surface area contributed by atoms with E-state index in [0.29, 0.717) is 5.56 Å². The molecule has 6 rings (SSSR count). The summed E-state index contributed by atoms with van der Waals surface area (Å²) in [6.07, 6.45) is 3.28. The van der Waals surface area contributed by atoms with Gasteiger partial charge in [-0.1, -0.05) is 25.1 Å². The predicted molar refractivity (Wildman–Crippen MR) is 150 cm³/mol. The zero-order valence-electron chi connectivity index (χ0n) is 22.9. The second-order valence-corrected chi connectivity index (χ2v) is 11.7. The van der Waals surface area contributed by atoms with Crippen molar-refractivity contribution >= 4 is 17.5 Å². The Labute approximate surface area is 237 Å². The van der Waals surface area contributed by atoms with E-state index in [1.165, 1.54) is 18.9 Å². The predicted octanol–water partition coefficient (Wildman–Crippen LogP) is 3.41. The smallest absolute Gasteiger partial charge is 0.255 e. The fourth-order valence-corrected chi connectivity index (χ4v) is 7.35. The van der Waals surface area contributed by atoms with Crippen molar-refractivity contribution in [3.05, 3.63) is 75.3 Å². The van der Waals surface area contributed by atoms with Crippen LogP contribution < -0.4 is 5.73 Å². The van der Waals surface area contributed by atoms with Crippen LogP contribution in [0.1, 0.15) is 59.7 Å². The number of hydrogen-bond donors (Lipinski definition) is 5. The summed E-state index contributed by atoms with van der Waals surface area (Å²) in [4.78, 5) is 41.4. The van der Waals surface area contributed by atoms with Gasteiger partial charge in [0.05, 0.1) is 5.56 Å². The van der Waals surface area contributed by atoms with E-state index in [4.69, 9.17) is 5.73 Å². The summed E-state index contributed by atoms with van der Waals surface area (Å²) < 4.78 is 0. The fourth-order valence-electron chi connectivity index (χ4n) is 7.35. The van der Waals surface area contributed by atoms with Gasteiger partial charge in [0.15, 0.2) is 11.4 Å². The first-order chi connectivity index (χ1) is 19.6. The molecule has 1 fully saturated rings. The number of aromatic hydroxyl groups is 1. The number of benzene rings is 2. The van der Waals surface area contributed by atoms with E-state index in [9.17, 15) is 34.8 Å². The van der Waals surface area contributed by atoms with Crippen molar-refractivity contribution in [1.29, 1.82) is 0 Å². The molecule has 3 aliphatic carbocycles. The standard InChI is InChI=1S/C32H34N2O7/c1-2-17-6-5-16(15-34-9-3-4-10-34)11-21(17)20-7-8-23(35)26-22(20)13-18-12-19-14-24(36)27(31(33)40)30(39)32(19,41)29(38)25(18)28(26)37/h5-8,11,18-19,35-36,38,41H,2-4,9-10,12-15H2,1H3,(H2,33,40)/t18-,19+,32+/m1/s1. The summed E-state index contributed by atoms with van der Waals surface area (Å²) in [5, 5.41) is 44.0. The van der Waals surface area contributed by atoms with Crippen LogP contribution in [-0.2, 0) is 29.0 Å². The normalized spacial score (nSPS) is 26.2. The number of likely N-dealkylation sites (tertiary alicyclic amines) is 1. The van der Waals surface area contributed by atoms with Gasteiger partial charge in [-0.05, 0) is 91.1 Å². The Bertz CT molecular complexity index is 1570. The third-order valence-electron chi connectivity index (χ3n) is 9.40. The van der Waals surface area contributed by atoms with Gasteiger partial charge in [0.1, 0.15) is 22.8 Å². The Morgan fingerprint density at radius 2 is 1.78 bits per heavy atom. The van der Waals surface area contributed by atoms with Crippen LogP contribution in [0.15, 0.2) is 53.0 Å². The summed E-state index contributed by atoms with van der Waals surface area (Å²) in [7, 11) is 0. The molecule has 6 N–H and O–H groups in total. The molecule has 0 spiro atoms. The minimum Gasteiger partial charge on any atom is -0.511 e. The Hall–Kier alpha value is -3.95. The molecule has 4 aliphatic rings. The first kappa shape index (κ1) is 27.2. The molecule has 1 heterocycles. The average Bonchev–Trinajstić information content (AvgIpc) is 3.44. The van der Waals surface area contributed by atoms with Crippen LogP contribution in [0.3, 0.4) is 0 Å². The third kappa shape index (κ3) is 4.09. The van der Waals surface area contributed by atoms with Crippen molar-refractivity contribution in [3.8, 4) is 16.9 Å². The molecule has 9 nitrogen and oxygen atoms in total. The molecule has 1 saturated heterocycles. The topological polar surface area (TPSA) is 161 Å². The number of fused-ring (bicyclic) bond motifs is 3. The largest absolute Gasteiger partial charge is 0.511 e. The van der Waals surface area contributed by atoms with Crippen molar-refractivity contribution < 1.29 is 34.8 Å². The summed E-state index contributed by atoms with van der Waals surface area (Å²) in [6.45, 7) is 5.03. The minimum absolute atomic E-state index is 0.0334. The zero-order valence-corrected chi connectivity index (χ0v) is 22.9. The van der Waals surface area contributed by atoms with E-state index in [2.05, 4.69) is 30.0 Å². The number of amides is 1. The number of nitrogens with zero attached hydrogens (tertiary/aromatic N) is 1. The van der Waals surface area contributed by atoms with Crippen molar-refractivity contribution in [1.82, 2.24) is 4.90 Å². The lowest BCUT2D eigenvalue weighted by Gasteiger charge is -2.45. The number of primary amides is 1. The molecule has 0 bridgehead atoms. The highest BCUT2D eigenvalue weighted by atomic mass is 16.3. The lowest BCUT2D eigenvalue weighted by molar-refractivity contribution is -0.144. The van der Waals surface area contributed by atoms with Gasteiger partial charge in [-0.25, -0.2) is 0 Å². The summed E-state index contributed by atoms with van der Waals surface area (Å²) >= 11 is 0. The van der Waals surface area contributed by atoms with Gasteiger partial charge in [-0.15, -0.1) is 0 Å². The number of carbonyl (C=O) groups excluding carboxylic acids is 3. The minimum atomic E-state index is -2.57. The zero-order chi connectivity index (χ0) is 29.2. The molecule has 0 aromatic heterocycles. The van der Waals surface area contributed by atoms with Crippen molar-refractivity contribution in [3.63, 3.8) is 0 Å². The number of ketones is 2. The second kappa shape index (κ2) is 9.85. The molecule has 2 aromatic carbocycles. The maximum Gasteiger partial charge on any atom is 0.255 e. The third-order valence-corrected chi connectivity index (χ3v) is 9.40. The van der Waals surface area contributed by atoms with E-state index >= 15 is 0 Å². The van der Waals surface area contributed by atoms with Crippen molar-refractivity contribution in [2.75, 3.05) is 13.1 Å². The number of carbonyl (C=O) groups is 3. The highest BCUT2D eigenvalue weighted by molar-refractivity contribution is 6.24. The van der Waals surface area contributed by atoms with Crippen LogP contribution in [0, 0.1) is 11.8 Å². The molecular weight excluding hydrogens is 524 g/mol. The first-order valence-electron chi connectivity index (χ1n) is 14.2. The molecule has 41 heavy (non-hydrogen) atoms. The second-order valence-electron chi connectivity index (χ2n) is 11.7. The maximum absolute atomic E-state index is 14.0. The van der Waals surface area contributed by atoms with E-state index in [1.807, 2.05) is 6.07 Å². The van der Waals surface area contributed by atoms with Gasteiger partial charge >= 0.3 is 0 Å². The molecule has 0 unspecified atom stereocenters. The monoisotopic (exact) mass is 558 g/mol. The summed E-state index contributed by atoms with van der Waals surface area (Å²) in [5.41, 5.74) is 6.54. The van der Waals surface area contributed by atoms with Crippen LogP contribution >= 0.6 is 0 Å². The molecule has 0 saturated carbocycles. The molecule has 0 radical (unpaired) electrons. The van der Waals surface area contributed by atoms with Crippen LogP contribution in [0.4, 0.5) is 0 Å². The van der Waals surface area contributed by atoms with E-state index in [-0.39, 0.29) is 36.1 Å². The quantitative estimate of drug-likeness (QED) is 0.349. The summed E-state index contributed by atoms with van der Waals surface area (Å²) in [6, 6.07) is 9.70. The number of rotatable bonds is 5. The molecule has 2 aromatic rings. The number of phenolic OH excluding ortho intramolecular Hbond substituents is 1. The number of allylic oxidation sites excluding steroid dienone is 2. The number of aliphatic hydroxyl groups excluding tert-OH is 2. The molecule has 1 aliphatic heterocycles. The lowest BCUT2D eigenvalue weighted by Crippen LogP contribution is -2.57. The number of aryl methyl sites for hydroxylation is 1. The first-order valence-corrected chi connectivity index (χ1v) is 14.2. The molecular formula is C32H34N2O7. The van der Waals surface area contributed by atoms with Crippen LogP contribution in [0.2, 0.25) is 0 Å². The van der Waals surface area contributed by atoms with Crippen LogP contribution in [0.5, 0.6) is 5.75 Å². The molecule has 3 atom stereocenters. The Morgan fingerprint density at radius 1 is 1.05 bits per heavy atom. The summed E-state index contributed by atoms with van der Waals surface area (Å²) in [5.74, 6) is -6.26. The van der Waals surface area contributed by atoms with E-state index in [0.717, 1.165) is 48.3 Å². The highest BCUT2D eigenvalue weighted by Gasteiger charge is 2.59. The van der Waals surface area contributed by atoms with Crippen molar-refractivity contribution in [2.24, 2.45) is 17.6 Å². The number of phenols is 1. The van der Waals surface area contributed by atoms with E-state index < -0.39 is 52.0 Å².